The van der Waals surface area contributed by atoms with Crippen LogP contribution in [0.1, 0.15) is 36.0 Å². The minimum absolute atomic E-state index is 0.00155. The maximum absolute atomic E-state index is 13.9. The number of para-hydroxylation sites is 1. The predicted molar refractivity (Wildman–Crippen MR) is 167 cm³/mol. The molecule has 0 atom stereocenters. The van der Waals surface area contributed by atoms with E-state index in [0.717, 1.165) is 42.6 Å². The second kappa shape index (κ2) is 13.1. The maximum atomic E-state index is 13.9. The Balaban J connectivity index is 1.26. The molecule has 218 valence electrons. The number of carbonyl (C=O) groups excluding carboxylic acids is 1. The normalized spacial score (nSPS) is 13.2. The molecule has 8 nitrogen and oxygen atoms in total. The Bertz CT molecular complexity index is 1670. The van der Waals surface area contributed by atoms with Gasteiger partial charge in [0.2, 0.25) is 0 Å². The van der Waals surface area contributed by atoms with Crippen LogP contribution in [-0.2, 0) is 6.54 Å². The molecule has 1 amide bonds. The highest BCUT2D eigenvalue weighted by Crippen LogP contribution is 2.31. The van der Waals surface area contributed by atoms with Gasteiger partial charge in [0.1, 0.15) is 17.2 Å². The van der Waals surface area contributed by atoms with Gasteiger partial charge in [0, 0.05) is 41.7 Å². The van der Waals surface area contributed by atoms with Crippen LogP contribution in [0.3, 0.4) is 0 Å². The quantitative estimate of drug-likeness (QED) is 0.166. The van der Waals surface area contributed by atoms with Gasteiger partial charge in [0.15, 0.2) is 11.6 Å². The summed E-state index contributed by atoms with van der Waals surface area (Å²) in [5.74, 6) is 3.27. The largest absolute Gasteiger partial charge is 0.495 e. The van der Waals surface area contributed by atoms with E-state index in [2.05, 4.69) is 4.98 Å². The van der Waals surface area contributed by atoms with Crippen molar-refractivity contribution in [2.45, 2.75) is 38.3 Å². The van der Waals surface area contributed by atoms with Crippen LogP contribution in [-0.4, -0.2) is 50.3 Å². The Labute approximate surface area is 255 Å². The topological polar surface area (TPSA) is 82.4 Å². The van der Waals surface area contributed by atoms with Gasteiger partial charge in [0.25, 0.3) is 5.91 Å². The van der Waals surface area contributed by atoms with E-state index >= 15 is 0 Å². The number of methoxy groups -OCH3 is 1. The summed E-state index contributed by atoms with van der Waals surface area (Å²) in [6.07, 6.45) is 7.64. The summed E-state index contributed by atoms with van der Waals surface area (Å²) in [6, 6.07) is 26.5. The maximum Gasteiger partial charge on any atom is 0.254 e. The number of benzene rings is 3. The Kier molecular flexibility index (Phi) is 8.65. The summed E-state index contributed by atoms with van der Waals surface area (Å²) in [4.78, 5) is 24.9. The average Bonchev–Trinajstić information content (AvgIpc) is 3.74. The zero-order chi connectivity index (χ0) is 29.6. The Morgan fingerprint density at radius 3 is 2.35 bits per heavy atom. The van der Waals surface area contributed by atoms with E-state index < -0.39 is 0 Å². The summed E-state index contributed by atoms with van der Waals surface area (Å²) in [7, 11) is 1.59. The van der Waals surface area contributed by atoms with Crippen molar-refractivity contribution < 1.29 is 14.3 Å². The molecule has 2 aromatic heterocycles. The van der Waals surface area contributed by atoms with Crippen LogP contribution >= 0.6 is 11.6 Å². The molecule has 2 heterocycles. The first-order valence-corrected chi connectivity index (χ1v) is 14.8. The molecule has 0 aliphatic heterocycles. The molecule has 43 heavy (non-hydrogen) atoms. The fraction of sp³-hybridized carbons (Fsp3) is 0.235. The number of nitrogens with zero attached hydrogens (tertiary/aromatic N) is 5. The SMILES string of the molecule is COc1ccc(-c2nc(-c3ccncc3)nn2CCN(C(=O)c2ccc(Oc3ccccc3)cc2)C2CCCC2)cc1Cl. The monoisotopic (exact) mass is 593 g/mol. The van der Waals surface area contributed by atoms with E-state index in [-0.39, 0.29) is 11.9 Å². The van der Waals surface area contributed by atoms with Gasteiger partial charge in [-0.05, 0) is 79.6 Å². The molecule has 1 saturated carbocycles. The number of ether oxygens (including phenoxy) is 2. The van der Waals surface area contributed by atoms with Crippen LogP contribution < -0.4 is 9.47 Å². The van der Waals surface area contributed by atoms with E-state index in [1.54, 1.807) is 19.5 Å². The standard InChI is InChI=1S/C34H32ClN5O3/c1-42-31-16-13-26(23-30(31)35)33-37-32(24-17-19-36-20-18-24)38-40(33)22-21-39(27-7-5-6-8-27)34(41)25-11-14-29(15-12-25)43-28-9-3-2-4-10-28/h2-4,9-20,23,27H,5-8,21-22H2,1H3. The lowest BCUT2D eigenvalue weighted by atomic mass is 10.1. The lowest BCUT2D eigenvalue weighted by Gasteiger charge is -2.29. The van der Waals surface area contributed by atoms with Crippen LogP contribution in [0.2, 0.25) is 5.02 Å². The summed E-state index contributed by atoms with van der Waals surface area (Å²) in [6.45, 7) is 0.955. The van der Waals surface area contributed by atoms with Crippen molar-refractivity contribution in [2.24, 2.45) is 0 Å². The van der Waals surface area contributed by atoms with Crippen molar-refractivity contribution in [1.29, 1.82) is 0 Å². The van der Waals surface area contributed by atoms with Crippen molar-refractivity contribution in [2.75, 3.05) is 13.7 Å². The van der Waals surface area contributed by atoms with Crippen molar-refractivity contribution in [3.05, 3.63) is 108 Å². The molecule has 5 aromatic rings. The number of hydrogen-bond acceptors (Lipinski definition) is 6. The molecule has 6 rings (SSSR count). The average molecular weight is 594 g/mol. The molecule has 1 fully saturated rings. The van der Waals surface area contributed by atoms with E-state index in [1.807, 2.05) is 94.5 Å². The number of hydrogen-bond donors (Lipinski definition) is 0. The number of carbonyl (C=O) groups is 1. The van der Waals surface area contributed by atoms with Crippen molar-refractivity contribution in [1.82, 2.24) is 24.6 Å². The smallest absolute Gasteiger partial charge is 0.254 e. The molecular weight excluding hydrogens is 562 g/mol. The number of aromatic nitrogens is 4. The van der Waals surface area contributed by atoms with Crippen LogP contribution in [0.4, 0.5) is 0 Å². The first-order chi connectivity index (χ1) is 21.1. The van der Waals surface area contributed by atoms with E-state index in [9.17, 15) is 4.79 Å². The number of pyridine rings is 1. The zero-order valence-electron chi connectivity index (χ0n) is 23.9. The van der Waals surface area contributed by atoms with Crippen LogP contribution in [0.25, 0.3) is 22.8 Å². The third-order valence-corrected chi connectivity index (χ3v) is 7.97. The second-order valence-electron chi connectivity index (χ2n) is 10.4. The fourth-order valence-electron chi connectivity index (χ4n) is 5.46. The van der Waals surface area contributed by atoms with Crippen molar-refractivity contribution >= 4 is 17.5 Å². The highest BCUT2D eigenvalue weighted by Gasteiger charge is 2.28. The third-order valence-electron chi connectivity index (χ3n) is 7.68. The Hall–Kier alpha value is -4.69. The van der Waals surface area contributed by atoms with E-state index in [4.69, 9.17) is 31.2 Å². The Morgan fingerprint density at radius 1 is 0.930 bits per heavy atom. The van der Waals surface area contributed by atoms with Gasteiger partial charge < -0.3 is 14.4 Å². The zero-order valence-corrected chi connectivity index (χ0v) is 24.7. The lowest BCUT2D eigenvalue weighted by molar-refractivity contribution is 0.0672. The lowest BCUT2D eigenvalue weighted by Crippen LogP contribution is -2.41. The van der Waals surface area contributed by atoms with Crippen molar-refractivity contribution in [3.63, 3.8) is 0 Å². The fourth-order valence-corrected chi connectivity index (χ4v) is 5.72. The highest BCUT2D eigenvalue weighted by atomic mass is 35.5. The highest BCUT2D eigenvalue weighted by molar-refractivity contribution is 6.32. The molecule has 1 aliphatic rings. The summed E-state index contributed by atoms with van der Waals surface area (Å²) >= 11 is 6.48. The Morgan fingerprint density at radius 2 is 1.65 bits per heavy atom. The molecule has 0 radical (unpaired) electrons. The minimum Gasteiger partial charge on any atom is -0.495 e. The minimum atomic E-state index is 0.00155. The second-order valence-corrected chi connectivity index (χ2v) is 10.9. The molecule has 0 bridgehead atoms. The van der Waals surface area contributed by atoms with Gasteiger partial charge in [-0.15, -0.1) is 0 Å². The van der Waals surface area contributed by atoms with Crippen LogP contribution in [0.5, 0.6) is 17.2 Å². The number of rotatable bonds is 10. The molecule has 0 saturated heterocycles. The molecule has 0 spiro atoms. The van der Waals surface area contributed by atoms with Gasteiger partial charge in [-0.2, -0.15) is 5.10 Å². The van der Waals surface area contributed by atoms with Crippen LogP contribution in [0, 0.1) is 0 Å². The molecule has 0 N–H and O–H groups in total. The first-order valence-electron chi connectivity index (χ1n) is 14.4. The molecule has 1 aliphatic carbocycles. The first kappa shape index (κ1) is 28.4. The molecule has 0 unspecified atom stereocenters. The summed E-state index contributed by atoms with van der Waals surface area (Å²) in [5, 5.41) is 5.35. The van der Waals surface area contributed by atoms with Crippen LogP contribution in [0.15, 0.2) is 97.3 Å². The van der Waals surface area contributed by atoms with Crippen molar-refractivity contribution in [3.8, 4) is 40.0 Å². The van der Waals surface area contributed by atoms with Gasteiger partial charge in [-0.3, -0.25) is 9.78 Å². The van der Waals surface area contributed by atoms with Gasteiger partial charge >= 0.3 is 0 Å². The molecule has 3 aromatic carbocycles. The number of amides is 1. The van der Waals surface area contributed by atoms with Gasteiger partial charge in [0.05, 0.1) is 18.7 Å². The molecule has 9 heteroatoms. The summed E-state index contributed by atoms with van der Waals surface area (Å²) < 4.78 is 13.1. The van der Waals surface area contributed by atoms with Gasteiger partial charge in [-0.1, -0.05) is 42.6 Å². The van der Waals surface area contributed by atoms with Gasteiger partial charge in [-0.25, -0.2) is 9.67 Å². The molecular formula is C34H32ClN5O3. The number of halogens is 1. The van der Waals surface area contributed by atoms with E-state index in [0.29, 0.717) is 46.8 Å². The van der Waals surface area contributed by atoms with E-state index in [1.165, 1.54) is 0 Å². The predicted octanol–water partition coefficient (Wildman–Crippen LogP) is 7.55. The summed E-state index contributed by atoms with van der Waals surface area (Å²) in [5.41, 5.74) is 2.30. The third kappa shape index (κ3) is 6.54.